The van der Waals surface area contributed by atoms with Crippen LogP contribution in [-0.4, -0.2) is 46.9 Å². The summed E-state index contributed by atoms with van der Waals surface area (Å²) in [6, 6.07) is 0. The van der Waals surface area contributed by atoms with Crippen molar-refractivity contribution in [1.82, 2.24) is 0 Å². The molecular weight excluding hydrogens is 304 g/mol. The van der Waals surface area contributed by atoms with E-state index in [9.17, 15) is 10.2 Å². The summed E-state index contributed by atoms with van der Waals surface area (Å²) in [5, 5.41) is 36.9. The summed E-state index contributed by atoms with van der Waals surface area (Å²) in [4.78, 5) is 0. The van der Waals surface area contributed by atoms with Gasteiger partial charge in [-0.2, -0.15) is 0 Å². The SMILES string of the molecule is C[C@](CO)(CCO)CCCCCCCCCC[C@](C)(CO)CCO. The third-order valence-electron chi connectivity index (χ3n) is 5.50. The summed E-state index contributed by atoms with van der Waals surface area (Å²) < 4.78 is 0. The molecule has 0 radical (unpaired) electrons. The molecule has 0 heterocycles. The quantitative estimate of drug-likeness (QED) is 0.303. The van der Waals surface area contributed by atoms with Gasteiger partial charge in [-0.05, 0) is 36.5 Å². The summed E-state index contributed by atoms with van der Waals surface area (Å²) in [7, 11) is 0. The molecular formula is C20H42O4. The molecule has 0 spiro atoms. The van der Waals surface area contributed by atoms with Crippen molar-refractivity contribution in [2.45, 2.75) is 90.9 Å². The number of unbranched alkanes of at least 4 members (excludes halogenated alkanes) is 7. The van der Waals surface area contributed by atoms with Crippen molar-refractivity contribution >= 4 is 0 Å². The van der Waals surface area contributed by atoms with E-state index in [1.807, 2.05) is 0 Å². The Labute approximate surface area is 149 Å². The molecule has 0 aromatic carbocycles. The van der Waals surface area contributed by atoms with Gasteiger partial charge in [-0.25, -0.2) is 0 Å². The molecule has 0 aromatic heterocycles. The Hall–Kier alpha value is -0.160. The molecule has 2 atom stereocenters. The van der Waals surface area contributed by atoms with Gasteiger partial charge < -0.3 is 20.4 Å². The topological polar surface area (TPSA) is 80.9 Å². The van der Waals surface area contributed by atoms with Gasteiger partial charge in [-0.1, -0.05) is 65.2 Å². The van der Waals surface area contributed by atoms with E-state index in [2.05, 4.69) is 13.8 Å². The Balaban J connectivity index is 3.52. The molecule has 0 rings (SSSR count). The normalized spacial score (nSPS) is 16.8. The Bertz CT molecular complexity index is 257. The molecule has 0 saturated heterocycles. The van der Waals surface area contributed by atoms with Crippen molar-refractivity contribution in [3.05, 3.63) is 0 Å². The number of aliphatic hydroxyl groups is 4. The summed E-state index contributed by atoms with van der Waals surface area (Å²) >= 11 is 0. The molecule has 0 bridgehead atoms. The Morgan fingerprint density at radius 2 is 0.750 bits per heavy atom. The van der Waals surface area contributed by atoms with Gasteiger partial charge >= 0.3 is 0 Å². The average Bonchev–Trinajstić information content (AvgIpc) is 2.57. The van der Waals surface area contributed by atoms with E-state index in [0.29, 0.717) is 12.8 Å². The van der Waals surface area contributed by atoms with Crippen molar-refractivity contribution in [3.8, 4) is 0 Å². The van der Waals surface area contributed by atoms with Gasteiger partial charge in [0, 0.05) is 26.4 Å². The second kappa shape index (κ2) is 14.1. The van der Waals surface area contributed by atoms with E-state index < -0.39 is 0 Å². The molecule has 0 fully saturated rings. The Morgan fingerprint density at radius 1 is 0.458 bits per heavy atom. The first-order chi connectivity index (χ1) is 11.4. The van der Waals surface area contributed by atoms with Crippen LogP contribution >= 0.6 is 0 Å². The highest BCUT2D eigenvalue weighted by molar-refractivity contribution is 4.73. The fourth-order valence-electron chi connectivity index (χ4n) is 3.27. The number of rotatable bonds is 17. The lowest BCUT2D eigenvalue weighted by atomic mass is 9.82. The first kappa shape index (κ1) is 23.8. The maximum Gasteiger partial charge on any atom is 0.0485 e. The van der Waals surface area contributed by atoms with Gasteiger partial charge in [0.05, 0.1) is 0 Å². The second-order valence-electron chi connectivity index (χ2n) is 8.21. The van der Waals surface area contributed by atoms with Crippen molar-refractivity contribution in [2.75, 3.05) is 26.4 Å². The van der Waals surface area contributed by atoms with Crippen molar-refractivity contribution in [1.29, 1.82) is 0 Å². The monoisotopic (exact) mass is 346 g/mol. The van der Waals surface area contributed by atoms with Crippen LogP contribution in [0.1, 0.15) is 90.9 Å². The predicted octanol–water partition coefficient (Wildman–Crippen LogP) is 3.65. The van der Waals surface area contributed by atoms with Crippen LogP contribution in [0.2, 0.25) is 0 Å². The molecule has 0 unspecified atom stereocenters. The minimum atomic E-state index is -0.108. The molecule has 0 aromatic rings. The van der Waals surface area contributed by atoms with Crippen LogP contribution < -0.4 is 0 Å². The fourth-order valence-corrected chi connectivity index (χ4v) is 3.27. The van der Waals surface area contributed by atoms with Crippen LogP contribution in [-0.2, 0) is 0 Å². The minimum Gasteiger partial charge on any atom is -0.396 e. The second-order valence-corrected chi connectivity index (χ2v) is 8.21. The van der Waals surface area contributed by atoms with Crippen LogP contribution in [0.25, 0.3) is 0 Å². The smallest absolute Gasteiger partial charge is 0.0485 e. The number of hydrogen-bond acceptors (Lipinski definition) is 4. The third-order valence-corrected chi connectivity index (χ3v) is 5.50. The molecule has 24 heavy (non-hydrogen) atoms. The zero-order valence-electron chi connectivity index (χ0n) is 16.1. The van der Waals surface area contributed by atoms with Crippen LogP contribution in [0.5, 0.6) is 0 Å². The maximum atomic E-state index is 9.41. The molecule has 4 nitrogen and oxygen atoms in total. The molecule has 0 aliphatic rings. The molecule has 4 heteroatoms. The van der Waals surface area contributed by atoms with E-state index in [1.165, 1.54) is 38.5 Å². The molecule has 4 N–H and O–H groups in total. The lowest BCUT2D eigenvalue weighted by Gasteiger charge is -2.26. The first-order valence-corrected chi connectivity index (χ1v) is 9.89. The van der Waals surface area contributed by atoms with E-state index in [-0.39, 0.29) is 37.3 Å². The van der Waals surface area contributed by atoms with Gasteiger partial charge in [0.1, 0.15) is 0 Å². The van der Waals surface area contributed by atoms with Gasteiger partial charge in [0.15, 0.2) is 0 Å². The maximum absolute atomic E-state index is 9.41. The van der Waals surface area contributed by atoms with E-state index >= 15 is 0 Å². The first-order valence-electron chi connectivity index (χ1n) is 9.89. The van der Waals surface area contributed by atoms with E-state index in [1.54, 1.807) is 0 Å². The van der Waals surface area contributed by atoms with Crippen LogP contribution in [0, 0.1) is 10.8 Å². The highest BCUT2D eigenvalue weighted by Gasteiger charge is 2.22. The average molecular weight is 347 g/mol. The largest absolute Gasteiger partial charge is 0.396 e. The lowest BCUT2D eigenvalue weighted by molar-refractivity contribution is 0.0951. The van der Waals surface area contributed by atoms with Crippen LogP contribution in [0.4, 0.5) is 0 Å². The molecule has 0 aliphatic heterocycles. The molecule has 0 amide bonds. The zero-order chi connectivity index (χ0) is 18.3. The van der Waals surface area contributed by atoms with Crippen LogP contribution in [0.3, 0.4) is 0 Å². The fraction of sp³-hybridized carbons (Fsp3) is 1.00. The number of aliphatic hydroxyl groups excluding tert-OH is 4. The Kier molecular flexibility index (Phi) is 14.0. The number of hydrogen-bond donors (Lipinski definition) is 4. The lowest BCUT2D eigenvalue weighted by Crippen LogP contribution is -2.22. The van der Waals surface area contributed by atoms with E-state index in [0.717, 1.165) is 25.7 Å². The van der Waals surface area contributed by atoms with Crippen LogP contribution in [0.15, 0.2) is 0 Å². The summed E-state index contributed by atoms with van der Waals surface area (Å²) in [5.41, 5.74) is -0.217. The predicted molar refractivity (Wildman–Crippen MR) is 100.0 cm³/mol. The van der Waals surface area contributed by atoms with E-state index in [4.69, 9.17) is 10.2 Å². The highest BCUT2D eigenvalue weighted by atomic mass is 16.3. The van der Waals surface area contributed by atoms with Crippen molar-refractivity contribution < 1.29 is 20.4 Å². The standard InChI is InChI=1S/C20H42O4/c1-19(17-23,13-15-21)11-9-7-5-3-4-6-8-10-12-20(2,18-24)14-16-22/h21-24H,3-18H2,1-2H3/t19-,20+. The third kappa shape index (κ3) is 11.4. The van der Waals surface area contributed by atoms with Gasteiger partial charge in [0.2, 0.25) is 0 Å². The molecule has 0 saturated carbocycles. The zero-order valence-corrected chi connectivity index (χ0v) is 16.1. The summed E-state index contributed by atoms with van der Waals surface area (Å²) in [6.07, 6.45) is 13.1. The Morgan fingerprint density at radius 3 is 1.00 bits per heavy atom. The minimum absolute atomic E-state index is 0.108. The van der Waals surface area contributed by atoms with Gasteiger partial charge in [-0.3, -0.25) is 0 Å². The summed E-state index contributed by atoms with van der Waals surface area (Å²) in [6.45, 7) is 4.75. The van der Waals surface area contributed by atoms with Crippen molar-refractivity contribution in [3.63, 3.8) is 0 Å². The van der Waals surface area contributed by atoms with Crippen molar-refractivity contribution in [2.24, 2.45) is 10.8 Å². The molecule has 0 aliphatic carbocycles. The molecule has 146 valence electrons. The van der Waals surface area contributed by atoms with Gasteiger partial charge in [-0.15, -0.1) is 0 Å². The van der Waals surface area contributed by atoms with Gasteiger partial charge in [0.25, 0.3) is 0 Å². The highest BCUT2D eigenvalue weighted by Crippen LogP contribution is 2.29. The summed E-state index contributed by atoms with van der Waals surface area (Å²) in [5.74, 6) is 0.